The first kappa shape index (κ1) is 14.3. The Morgan fingerprint density at radius 1 is 0.947 bits per heavy atom. The molecule has 0 aliphatic carbocycles. The predicted octanol–water partition coefficient (Wildman–Crippen LogP) is 3.24. The van der Waals surface area contributed by atoms with E-state index in [0.29, 0.717) is 0 Å². The number of nitrogens with one attached hydrogen (secondary N) is 1. The maximum atomic E-state index is 12.1. The van der Waals surface area contributed by atoms with Gasteiger partial charge in [0.15, 0.2) is 11.0 Å². The molecule has 2 aromatic rings. The van der Waals surface area contributed by atoms with Crippen molar-refractivity contribution in [2.45, 2.75) is 4.90 Å². The smallest absolute Gasteiger partial charge is 0.262 e. The summed E-state index contributed by atoms with van der Waals surface area (Å²) in [6.07, 6.45) is 0. The molecule has 0 saturated heterocycles. The summed E-state index contributed by atoms with van der Waals surface area (Å²) in [5, 5.41) is 7.30. The maximum Gasteiger partial charge on any atom is 0.266 e. The number of halogens is 3. The van der Waals surface area contributed by atoms with Crippen LogP contribution in [0.25, 0.3) is 0 Å². The first-order valence-electron chi connectivity index (χ1n) is 4.86. The van der Waals surface area contributed by atoms with Gasteiger partial charge in [-0.05, 0) is 24.3 Å². The fraction of sp³-hybridized carbons (Fsp3) is 0. The molecule has 9 heteroatoms. The van der Waals surface area contributed by atoms with Gasteiger partial charge in [0.2, 0.25) is 0 Å². The van der Waals surface area contributed by atoms with Gasteiger partial charge in [0.1, 0.15) is 4.90 Å². The second-order valence-corrected chi connectivity index (χ2v) is 6.22. The minimum atomic E-state index is -3.95. The van der Waals surface area contributed by atoms with E-state index in [4.69, 9.17) is 34.8 Å². The Labute approximate surface area is 124 Å². The Hall–Kier alpha value is -1.08. The lowest BCUT2D eigenvalue weighted by Crippen LogP contribution is -2.15. The van der Waals surface area contributed by atoms with Crippen LogP contribution in [0.4, 0.5) is 5.82 Å². The zero-order valence-electron chi connectivity index (χ0n) is 9.14. The molecule has 1 N–H and O–H groups in total. The van der Waals surface area contributed by atoms with E-state index in [1.54, 1.807) is 6.07 Å². The maximum absolute atomic E-state index is 12.1. The molecule has 0 bridgehead atoms. The number of sulfonamides is 1. The monoisotopic (exact) mass is 337 g/mol. The fourth-order valence-corrected chi connectivity index (χ4v) is 3.54. The average Bonchev–Trinajstić information content (AvgIpc) is 2.31. The lowest BCUT2D eigenvalue weighted by Gasteiger charge is -2.09. The molecule has 0 saturated carbocycles. The van der Waals surface area contributed by atoms with Crippen molar-refractivity contribution in [3.8, 4) is 0 Å². The van der Waals surface area contributed by atoms with Crippen LogP contribution in [0, 0.1) is 0 Å². The van der Waals surface area contributed by atoms with Crippen LogP contribution in [0.1, 0.15) is 0 Å². The van der Waals surface area contributed by atoms with Gasteiger partial charge in [0, 0.05) is 0 Å². The van der Waals surface area contributed by atoms with Gasteiger partial charge in [-0.3, -0.25) is 4.72 Å². The lowest BCUT2D eigenvalue weighted by atomic mass is 10.4. The Morgan fingerprint density at radius 3 is 2.11 bits per heavy atom. The van der Waals surface area contributed by atoms with Crippen LogP contribution in [-0.2, 0) is 10.0 Å². The molecule has 1 heterocycles. The second-order valence-electron chi connectivity index (χ2n) is 3.40. The van der Waals surface area contributed by atoms with Crippen molar-refractivity contribution in [3.05, 3.63) is 45.5 Å². The quantitative estimate of drug-likeness (QED) is 0.932. The number of aromatic nitrogens is 2. The molecule has 0 aliphatic heterocycles. The van der Waals surface area contributed by atoms with Gasteiger partial charge in [-0.2, -0.15) is 0 Å². The first-order valence-corrected chi connectivity index (χ1v) is 7.48. The number of hydrogen-bond donors (Lipinski definition) is 1. The van der Waals surface area contributed by atoms with Crippen molar-refractivity contribution in [1.82, 2.24) is 10.2 Å². The van der Waals surface area contributed by atoms with E-state index in [-0.39, 0.29) is 25.9 Å². The molecule has 2 rings (SSSR count). The molecule has 19 heavy (non-hydrogen) atoms. The van der Waals surface area contributed by atoms with Crippen molar-refractivity contribution in [2.24, 2.45) is 0 Å². The molecule has 0 amide bonds. The van der Waals surface area contributed by atoms with Crippen LogP contribution in [0.2, 0.25) is 15.2 Å². The molecule has 0 unspecified atom stereocenters. The molecular weight excluding hydrogens is 333 g/mol. The van der Waals surface area contributed by atoms with E-state index in [1.165, 1.54) is 24.3 Å². The largest absolute Gasteiger partial charge is 0.266 e. The summed E-state index contributed by atoms with van der Waals surface area (Å²) in [4.78, 5) is -0.213. The number of anilines is 1. The van der Waals surface area contributed by atoms with E-state index in [0.717, 1.165) is 0 Å². The van der Waals surface area contributed by atoms with Gasteiger partial charge in [0.05, 0.1) is 10.0 Å². The van der Waals surface area contributed by atoms with E-state index in [9.17, 15) is 8.42 Å². The zero-order chi connectivity index (χ0) is 14.0. The van der Waals surface area contributed by atoms with Crippen molar-refractivity contribution in [1.29, 1.82) is 0 Å². The summed E-state index contributed by atoms with van der Waals surface area (Å²) in [6, 6.07) is 7.18. The van der Waals surface area contributed by atoms with E-state index >= 15 is 0 Å². The predicted molar refractivity (Wildman–Crippen MR) is 74.3 cm³/mol. The van der Waals surface area contributed by atoms with Gasteiger partial charge in [-0.1, -0.05) is 40.9 Å². The third kappa shape index (κ3) is 3.27. The normalized spacial score (nSPS) is 11.3. The van der Waals surface area contributed by atoms with Crippen molar-refractivity contribution in [3.63, 3.8) is 0 Å². The molecule has 1 aromatic heterocycles. The summed E-state index contributed by atoms with van der Waals surface area (Å²) in [5.41, 5.74) is 0. The number of nitrogens with zero attached hydrogens (tertiary/aromatic N) is 2. The van der Waals surface area contributed by atoms with Gasteiger partial charge >= 0.3 is 0 Å². The first-order chi connectivity index (χ1) is 8.90. The van der Waals surface area contributed by atoms with E-state index in [1.807, 2.05) is 0 Å². The Bertz CT molecular complexity index is 684. The van der Waals surface area contributed by atoms with E-state index < -0.39 is 10.0 Å². The molecule has 1 aromatic carbocycles. The summed E-state index contributed by atoms with van der Waals surface area (Å²) < 4.78 is 26.5. The molecule has 0 fully saturated rings. The van der Waals surface area contributed by atoms with Crippen molar-refractivity contribution >= 4 is 50.6 Å². The highest BCUT2D eigenvalue weighted by molar-refractivity contribution is 7.93. The molecule has 5 nitrogen and oxygen atoms in total. The van der Waals surface area contributed by atoms with Crippen LogP contribution < -0.4 is 4.72 Å². The summed E-state index contributed by atoms with van der Waals surface area (Å²) in [6.45, 7) is 0. The topological polar surface area (TPSA) is 72.0 Å². The minimum absolute atomic E-state index is 0.0142. The number of hydrogen-bond acceptors (Lipinski definition) is 4. The highest BCUT2D eigenvalue weighted by Gasteiger charge is 2.22. The van der Waals surface area contributed by atoms with Crippen LogP contribution in [-0.4, -0.2) is 18.6 Å². The highest BCUT2D eigenvalue weighted by atomic mass is 35.5. The highest BCUT2D eigenvalue weighted by Crippen LogP contribution is 2.30. The summed E-state index contributed by atoms with van der Waals surface area (Å²) in [7, 11) is -3.95. The molecule has 100 valence electrons. The molecule has 0 radical (unpaired) electrons. The summed E-state index contributed by atoms with van der Waals surface area (Å²) >= 11 is 17.2. The Morgan fingerprint density at radius 2 is 1.58 bits per heavy atom. The van der Waals surface area contributed by atoms with Crippen molar-refractivity contribution < 1.29 is 8.42 Å². The zero-order valence-corrected chi connectivity index (χ0v) is 12.2. The lowest BCUT2D eigenvalue weighted by molar-refractivity contribution is 0.601. The number of rotatable bonds is 3. The van der Waals surface area contributed by atoms with Crippen molar-refractivity contribution in [2.75, 3.05) is 4.72 Å². The summed E-state index contributed by atoms with van der Waals surface area (Å²) in [5.74, 6) is 0.0142. The molecule has 0 aliphatic rings. The van der Waals surface area contributed by atoms with E-state index in [2.05, 4.69) is 14.9 Å². The fourth-order valence-electron chi connectivity index (χ4n) is 1.30. The SMILES string of the molecule is O=S(=O)(Nc1ccc(Cl)nn1)c1c(Cl)cccc1Cl. The third-order valence-corrected chi connectivity index (χ3v) is 4.57. The van der Waals surface area contributed by atoms with Crippen LogP contribution >= 0.6 is 34.8 Å². The third-order valence-electron chi connectivity index (χ3n) is 2.06. The second kappa shape index (κ2) is 5.50. The molecule has 0 atom stereocenters. The van der Waals surface area contributed by atoms with Gasteiger partial charge in [0.25, 0.3) is 10.0 Å². The van der Waals surface area contributed by atoms with Gasteiger partial charge in [-0.15, -0.1) is 10.2 Å². The molecule has 0 spiro atoms. The number of benzene rings is 1. The molecular formula is C10H6Cl3N3O2S. The van der Waals surface area contributed by atoms with Gasteiger partial charge in [-0.25, -0.2) is 8.42 Å². The standard InChI is InChI=1S/C10H6Cl3N3O2S/c11-6-2-1-3-7(12)10(6)19(17,18)16-9-5-4-8(13)14-15-9/h1-5H,(H,15,16). The van der Waals surface area contributed by atoms with Crippen LogP contribution in [0.3, 0.4) is 0 Å². The Kier molecular flexibility index (Phi) is 4.15. The average molecular weight is 339 g/mol. The van der Waals surface area contributed by atoms with Gasteiger partial charge < -0.3 is 0 Å². The minimum Gasteiger partial charge on any atom is -0.262 e. The van der Waals surface area contributed by atoms with Crippen LogP contribution in [0.15, 0.2) is 35.2 Å². The Balaban J connectivity index is 2.41. The van der Waals surface area contributed by atoms with Crippen LogP contribution in [0.5, 0.6) is 0 Å².